The second-order valence-corrected chi connectivity index (χ2v) is 11.4. The zero-order chi connectivity index (χ0) is 32.3. The smallest absolute Gasteiger partial charge is 0.262 e. The Morgan fingerprint density at radius 2 is 1.51 bits per heavy atom. The van der Waals surface area contributed by atoms with E-state index in [0.717, 1.165) is 11.1 Å². The third-order valence-corrected chi connectivity index (χ3v) is 7.57. The lowest BCUT2D eigenvalue weighted by molar-refractivity contribution is -0.132. The van der Waals surface area contributed by atoms with Crippen molar-refractivity contribution in [2.24, 2.45) is 5.10 Å². The number of rotatable bonds is 13. The molecule has 0 saturated heterocycles. The molecule has 0 spiro atoms. The molecular formula is C33H29Cl4N3O5. The summed E-state index contributed by atoms with van der Waals surface area (Å²) >= 11 is 24.3. The highest BCUT2D eigenvalue weighted by molar-refractivity contribution is 6.35. The van der Waals surface area contributed by atoms with E-state index in [0.29, 0.717) is 32.1 Å². The van der Waals surface area contributed by atoms with Gasteiger partial charge in [-0.15, -0.1) is 0 Å². The second-order valence-electron chi connectivity index (χ2n) is 9.75. The zero-order valence-electron chi connectivity index (χ0n) is 24.2. The fourth-order valence-electron chi connectivity index (χ4n) is 4.09. The van der Waals surface area contributed by atoms with Gasteiger partial charge < -0.3 is 19.5 Å². The SMILES string of the molecule is COc1cc(/C=N\NC(=O)[C@H](Cc2ccccc2)NC(=O)[C@H](C)Oc2ccc(Cl)cc2Cl)ccc1OCc1ccc(Cl)cc1Cl. The van der Waals surface area contributed by atoms with E-state index in [2.05, 4.69) is 15.8 Å². The number of nitrogens with one attached hydrogen (secondary N) is 2. The molecule has 0 aliphatic rings. The number of hydrogen-bond acceptors (Lipinski definition) is 6. The normalized spacial score (nSPS) is 12.3. The maximum absolute atomic E-state index is 13.2. The average Bonchev–Trinajstić information content (AvgIpc) is 3.02. The van der Waals surface area contributed by atoms with E-state index >= 15 is 0 Å². The summed E-state index contributed by atoms with van der Waals surface area (Å²) in [5, 5.41) is 8.58. The Balaban J connectivity index is 1.40. The van der Waals surface area contributed by atoms with Crippen molar-refractivity contribution in [1.82, 2.24) is 10.7 Å². The highest BCUT2D eigenvalue weighted by Crippen LogP contribution is 2.30. The van der Waals surface area contributed by atoms with Gasteiger partial charge in [0.1, 0.15) is 18.4 Å². The van der Waals surface area contributed by atoms with Crippen LogP contribution in [0, 0.1) is 0 Å². The minimum atomic E-state index is -0.956. The van der Waals surface area contributed by atoms with Gasteiger partial charge in [0.05, 0.1) is 18.3 Å². The molecule has 45 heavy (non-hydrogen) atoms. The molecule has 0 heterocycles. The predicted molar refractivity (Wildman–Crippen MR) is 178 cm³/mol. The number of ether oxygens (including phenoxy) is 3. The first-order valence-corrected chi connectivity index (χ1v) is 15.2. The number of methoxy groups -OCH3 is 1. The van der Waals surface area contributed by atoms with Gasteiger partial charge in [-0.25, -0.2) is 5.43 Å². The van der Waals surface area contributed by atoms with Crippen LogP contribution in [0.5, 0.6) is 17.2 Å². The van der Waals surface area contributed by atoms with Crippen molar-refractivity contribution in [3.63, 3.8) is 0 Å². The molecule has 2 atom stereocenters. The molecule has 234 valence electrons. The van der Waals surface area contributed by atoms with Gasteiger partial charge in [0.25, 0.3) is 11.8 Å². The van der Waals surface area contributed by atoms with Crippen molar-refractivity contribution < 1.29 is 23.8 Å². The van der Waals surface area contributed by atoms with Gasteiger partial charge >= 0.3 is 0 Å². The van der Waals surface area contributed by atoms with Crippen LogP contribution >= 0.6 is 46.4 Å². The summed E-state index contributed by atoms with van der Waals surface area (Å²) < 4.78 is 17.1. The van der Waals surface area contributed by atoms with Crippen LogP contribution in [0.2, 0.25) is 20.1 Å². The predicted octanol–water partition coefficient (Wildman–Crippen LogP) is 7.53. The monoisotopic (exact) mass is 687 g/mol. The van der Waals surface area contributed by atoms with E-state index in [1.54, 1.807) is 55.5 Å². The van der Waals surface area contributed by atoms with Crippen molar-refractivity contribution in [2.75, 3.05) is 7.11 Å². The van der Waals surface area contributed by atoms with Crippen molar-refractivity contribution in [3.8, 4) is 17.2 Å². The first kappa shape index (κ1) is 33.9. The molecular weight excluding hydrogens is 660 g/mol. The lowest BCUT2D eigenvalue weighted by atomic mass is 10.1. The Kier molecular flexibility index (Phi) is 12.4. The molecule has 4 aromatic carbocycles. The lowest BCUT2D eigenvalue weighted by Gasteiger charge is -2.21. The highest BCUT2D eigenvalue weighted by Gasteiger charge is 2.25. The number of hydrazone groups is 1. The minimum absolute atomic E-state index is 0.209. The van der Waals surface area contributed by atoms with E-state index in [-0.39, 0.29) is 23.8 Å². The van der Waals surface area contributed by atoms with Crippen LogP contribution < -0.4 is 25.0 Å². The van der Waals surface area contributed by atoms with Gasteiger partial charge in [-0.2, -0.15) is 5.10 Å². The molecule has 0 aliphatic carbocycles. The van der Waals surface area contributed by atoms with Gasteiger partial charge in [-0.05, 0) is 66.6 Å². The van der Waals surface area contributed by atoms with Crippen LogP contribution in [-0.4, -0.2) is 37.3 Å². The first-order valence-electron chi connectivity index (χ1n) is 13.7. The molecule has 4 aromatic rings. The number of halogens is 4. The Hall–Kier alpha value is -3.95. The molecule has 0 radical (unpaired) electrons. The van der Waals surface area contributed by atoms with Gasteiger partial charge in [-0.1, -0.05) is 82.8 Å². The topological polar surface area (TPSA) is 98.2 Å². The number of hydrogen-bond donors (Lipinski definition) is 2. The van der Waals surface area contributed by atoms with Gasteiger partial charge in [0.2, 0.25) is 0 Å². The molecule has 2 amide bonds. The Labute approximate surface area is 281 Å². The largest absolute Gasteiger partial charge is 0.493 e. The van der Waals surface area contributed by atoms with Crippen LogP contribution in [0.1, 0.15) is 23.6 Å². The minimum Gasteiger partial charge on any atom is -0.493 e. The number of amides is 2. The summed E-state index contributed by atoms with van der Waals surface area (Å²) in [6.45, 7) is 1.77. The number of nitrogens with zero attached hydrogens (tertiary/aromatic N) is 1. The quantitative estimate of drug-likeness (QED) is 0.112. The van der Waals surface area contributed by atoms with Gasteiger partial charge in [0.15, 0.2) is 17.6 Å². The van der Waals surface area contributed by atoms with E-state index in [4.69, 9.17) is 60.6 Å². The molecule has 0 saturated carbocycles. The number of carbonyl (C=O) groups is 2. The van der Waals surface area contributed by atoms with Crippen LogP contribution in [0.3, 0.4) is 0 Å². The van der Waals surface area contributed by atoms with Crippen molar-refractivity contribution in [3.05, 3.63) is 122 Å². The molecule has 8 nitrogen and oxygen atoms in total. The standard InChI is InChI=1S/C33H29Cl4N3O5/c1-20(45-29-13-11-25(35)17-27(29)37)32(41)39-28(14-21-6-4-3-5-7-21)33(42)40-38-18-22-8-12-30(31(15-22)43-2)44-19-23-9-10-24(34)16-26(23)36/h3-13,15-18,20,28H,14,19H2,1-2H3,(H,39,41)(H,40,42)/b38-18-/t20-,28-/m0/s1. The van der Waals surface area contributed by atoms with Crippen LogP contribution in [-0.2, 0) is 22.6 Å². The summed E-state index contributed by atoms with van der Waals surface area (Å²) in [7, 11) is 1.52. The molecule has 4 rings (SSSR count). The molecule has 0 unspecified atom stereocenters. The summed E-state index contributed by atoms with van der Waals surface area (Å²) in [6, 6.07) is 23.4. The Bertz CT molecular complexity index is 1670. The summed E-state index contributed by atoms with van der Waals surface area (Å²) in [5.41, 5.74) is 4.76. The molecule has 2 N–H and O–H groups in total. The average molecular weight is 689 g/mol. The van der Waals surface area contributed by atoms with Crippen LogP contribution in [0.25, 0.3) is 0 Å². The maximum atomic E-state index is 13.2. The van der Waals surface area contributed by atoms with Crippen molar-refractivity contribution in [1.29, 1.82) is 0 Å². The van der Waals surface area contributed by atoms with E-state index < -0.39 is 24.0 Å². The summed E-state index contributed by atoms with van der Waals surface area (Å²) in [5.74, 6) is 0.206. The van der Waals surface area contributed by atoms with Crippen LogP contribution in [0.4, 0.5) is 0 Å². The molecule has 0 aliphatic heterocycles. The van der Waals surface area contributed by atoms with Gasteiger partial charge in [-0.3, -0.25) is 9.59 Å². The maximum Gasteiger partial charge on any atom is 0.262 e. The first-order chi connectivity index (χ1) is 21.6. The van der Waals surface area contributed by atoms with E-state index in [1.165, 1.54) is 19.4 Å². The number of benzene rings is 4. The van der Waals surface area contributed by atoms with E-state index in [1.807, 2.05) is 30.3 Å². The Morgan fingerprint density at radius 1 is 0.822 bits per heavy atom. The molecule has 12 heteroatoms. The second kappa shape index (κ2) is 16.4. The number of carbonyl (C=O) groups excluding carboxylic acids is 2. The highest BCUT2D eigenvalue weighted by atomic mass is 35.5. The summed E-state index contributed by atoms with van der Waals surface area (Å²) in [6.07, 6.45) is 0.720. The molecule has 0 aromatic heterocycles. The lowest BCUT2D eigenvalue weighted by Crippen LogP contribution is -2.50. The Morgan fingerprint density at radius 3 is 2.20 bits per heavy atom. The molecule has 0 fully saturated rings. The third-order valence-electron chi connectivity index (χ3n) is 6.46. The van der Waals surface area contributed by atoms with Crippen LogP contribution in [0.15, 0.2) is 90.0 Å². The fraction of sp³-hybridized carbons (Fsp3) is 0.182. The zero-order valence-corrected chi connectivity index (χ0v) is 27.3. The van der Waals surface area contributed by atoms with Crippen molar-refractivity contribution >= 4 is 64.4 Å². The van der Waals surface area contributed by atoms with Gasteiger partial charge in [0, 0.05) is 27.1 Å². The summed E-state index contributed by atoms with van der Waals surface area (Å²) in [4.78, 5) is 26.3. The molecule has 0 bridgehead atoms. The van der Waals surface area contributed by atoms with E-state index in [9.17, 15) is 9.59 Å². The van der Waals surface area contributed by atoms with Crippen molar-refractivity contribution in [2.45, 2.75) is 32.1 Å². The third kappa shape index (κ3) is 10.0. The fourth-order valence-corrected chi connectivity index (χ4v) is 5.01.